The molecular weight excluding hydrogens is 214 g/mol. The molecule has 0 radical (unpaired) electrons. The summed E-state index contributed by atoms with van der Waals surface area (Å²) < 4.78 is 0.180. The van der Waals surface area contributed by atoms with Crippen LogP contribution in [-0.2, 0) is 0 Å². The molecule has 58 valence electrons. The summed E-state index contributed by atoms with van der Waals surface area (Å²) in [4.78, 5) is 23.1. The molecule has 0 aliphatic rings. The van der Waals surface area contributed by atoms with Crippen LogP contribution in [0.25, 0.3) is 0 Å². The Balaban J connectivity index is 3.26. The van der Waals surface area contributed by atoms with Crippen molar-refractivity contribution < 1.29 is 9.90 Å². The third kappa shape index (κ3) is 1.68. The van der Waals surface area contributed by atoms with Crippen molar-refractivity contribution in [2.45, 2.75) is 0 Å². The number of rotatable bonds is 1. The number of carbonyl (C=O) groups is 1. The molecular formula is C6H3BrNO3-. The molecule has 0 aromatic carbocycles. The lowest BCUT2D eigenvalue weighted by Crippen LogP contribution is -2.23. The van der Waals surface area contributed by atoms with Gasteiger partial charge in [-0.05, 0) is 22.0 Å². The zero-order valence-corrected chi connectivity index (χ0v) is 6.84. The standard InChI is InChI=1S/C6H4BrNO3/c7-4-1-3(6(10)11)2-8-5(4)9/h1-2H,(H,8,9)(H,10,11)/p-1. The minimum atomic E-state index is -1.32. The highest BCUT2D eigenvalue weighted by Crippen LogP contribution is 2.03. The maximum Gasteiger partial charge on any atom is 0.262 e. The average molecular weight is 217 g/mol. The fourth-order valence-electron chi connectivity index (χ4n) is 0.574. The molecule has 0 spiro atoms. The molecule has 1 N–H and O–H groups in total. The minimum Gasteiger partial charge on any atom is -0.545 e. The highest BCUT2D eigenvalue weighted by molar-refractivity contribution is 9.10. The van der Waals surface area contributed by atoms with E-state index in [4.69, 9.17) is 0 Å². The predicted molar refractivity (Wildman–Crippen MR) is 39.1 cm³/mol. The molecule has 4 nitrogen and oxygen atoms in total. The van der Waals surface area contributed by atoms with Gasteiger partial charge in [0.1, 0.15) is 0 Å². The molecule has 0 saturated heterocycles. The summed E-state index contributed by atoms with van der Waals surface area (Å²) in [7, 11) is 0. The number of aromatic amines is 1. The average Bonchev–Trinajstić information content (AvgIpc) is 1.94. The summed E-state index contributed by atoms with van der Waals surface area (Å²) in [6.45, 7) is 0. The lowest BCUT2D eigenvalue weighted by Gasteiger charge is -1.99. The Hall–Kier alpha value is -1.10. The number of aromatic nitrogens is 1. The van der Waals surface area contributed by atoms with Crippen LogP contribution >= 0.6 is 15.9 Å². The molecule has 0 aliphatic heterocycles. The first-order valence-corrected chi connectivity index (χ1v) is 3.50. The number of halogens is 1. The molecule has 0 amide bonds. The molecule has 0 fully saturated rings. The Morgan fingerprint density at radius 3 is 2.73 bits per heavy atom. The minimum absolute atomic E-state index is 0.0588. The van der Waals surface area contributed by atoms with E-state index in [1.54, 1.807) is 0 Å². The van der Waals surface area contributed by atoms with Crippen molar-refractivity contribution in [2.24, 2.45) is 0 Å². The topological polar surface area (TPSA) is 73.0 Å². The number of carboxylic acids is 1. The maximum atomic E-state index is 10.7. The van der Waals surface area contributed by atoms with Crippen LogP contribution in [-0.4, -0.2) is 11.0 Å². The molecule has 1 rings (SSSR count). The van der Waals surface area contributed by atoms with Gasteiger partial charge < -0.3 is 14.9 Å². The van der Waals surface area contributed by atoms with Crippen molar-refractivity contribution in [3.63, 3.8) is 0 Å². The maximum absolute atomic E-state index is 10.7. The molecule has 1 heterocycles. The second kappa shape index (κ2) is 2.87. The van der Waals surface area contributed by atoms with E-state index in [0.717, 1.165) is 6.20 Å². The third-order valence-corrected chi connectivity index (χ3v) is 1.68. The van der Waals surface area contributed by atoms with E-state index in [2.05, 4.69) is 20.9 Å². The second-order valence-corrected chi connectivity index (χ2v) is 2.71. The summed E-state index contributed by atoms with van der Waals surface area (Å²) in [5.41, 5.74) is -0.425. The van der Waals surface area contributed by atoms with Crippen molar-refractivity contribution >= 4 is 21.9 Å². The van der Waals surface area contributed by atoms with E-state index in [1.165, 1.54) is 6.07 Å². The third-order valence-electron chi connectivity index (χ3n) is 1.09. The van der Waals surface area contributed by atoms with Crippen molar-refractivity contribution in [2.75, 3.05) is 0 Å². The number of carbonyl (C=O) groups excluding carboxylic acids is 1. The van der Waals surface area contributed by atoms with Gasteiger partial charge in [0.2, 0.25) is 0 Å². The Bertz CT molecular complexity index is 344. The summed E-state index contributed by atoms with van der Waals surface area (Å²) in [5, 5.41) is 10.2. The first-order chi connectivity index (χ1) is 5.11. The van der Waals surface area contributed by atoms with Gasteiger partial charge >= 0.3 is 0 Å². The van der Waals surface area contributed by atoms with Crippen LogP contribution in [0.15, 0.2) is 21.5 Å². The summed E-state index contributed by atoms with van der Waals surface area (Å²) in [6, 6.07) is 1.19. The van der Waals surface area contributed by atoms with Gasteiger partial charge in [-0.1, -0.05) is 0 Å². The monoisotopic (exact) mass is 216 g/mol. The van der Waals surface area contributed by atoms with Gasteiger partial charge in [-0.15, -0.1) is 0 Å². The number of pyridine rings is 1. The molecule has 1 aromatic heterocycles. The number of aromatic carboxylic acids is 1. The van der Waals surface area contributed by atoms with Crippen LogP contribution in [0.4, 0.5) is 0 Å². The molecule has 0 aliphatic carbocycles. The predicted octanol–water partition coefficient (Wildman–Crippen LogP) is -0.499. The SMILES string of the molecule is O=C([O-])c1c[nH]c(=O)c(Br)c1. The van der Waals surface area contributed by atoms with Gasteiger partial charge in [-0.25, -0.2) is 0 Å². The van der Waals surface area contributed by atoms with E-state index in [-0.39, 0.29) is 15.6 Å². The lowest BCUT2D eigenvalue weighted by molar-refractivity contribution is -0.255. The number of H-pyrrole nitrogens is 1. The van der Waals surface area contributed by atoms with Gasteiger partial charge in [-0.2, -0.15) is 0 Å². The first-order valence-electron chi connectivity index (χ1n) is 2.71. The smallest absolute Gasteiger partial charge is 0.262 e. The highest BCUT2D eigenvalue weighted by atomic mass is 79.9. The molecule has 5 heteroatoms. The first kappa shape index (κ1) is 8.00. The van der Waals surface area contributed by atoms with Crippen LogP contribution in [0.3, 0.4) is 0 Å². The normalized spacial score (nSPS) is 9.55. The second-order valence-electron chi connectivity index (χ2n) is 1.85. The Morgan fingerprint density at radius 1 is 1.64 bits per heavy atom. The van der Waals surface area contributed by atoms with E-state index in [9.17, 15) is 14.7 Å². The molecule has 11 heavy (non-hydrogen) atoms. The Labute approximate surface area is 70.0 Å². The highest BCUT2D eigenvalue weighted by Gasteiger charge is 1.97. The van der Waals surface area contributed by atoms with Crippen LogP contribution in [0.5, 0.6) is 0 Å². The number of hydrogen-bond donors (Lipinski definition) is 1. The number of carboxylic acid groups (broad SMARTS) is 1. The molecule has 0 bridgehead atoms. The van der Waals surface area contributed by atoms with Crippen LogP contribution in [0, 0.1) is 0 Å². The number of nitrogens with one attached hydrogen (secondary N) is 1. The van der Waals surface area contributed by atoms with Crippen LogP contribution in [0.2, 0.25) is 0 Å². The van der Waals surface area contributed by atoms with E-state index >= 15 is 0 Å². The fourth-order valence-corrected chi connectivity index (χ4v) is 0.935. The van der Waals surface area contributed by atoms with Gasteiger partial charge in [0, 0.05) is 11.8 Å². The van der Waals surface area contributed by atoms with Crippen LogP contribution in [0.1, 0.15) is 10.4 Å². The summed E-state index contributed by atoms with van der Waals surface area (Å²) >= 11 is 2.88. The zero-order chi connectivity index (χ0) is 8.43. The van der Waals surface area contributed by atoms with Crippen molar-refractivity contribution in [3.8, 4) is 0 Å². The quantitative estimate of drug-likeness (QED) is 0.689. The van der Waals surface area contributed by atoms with Crippen molar-refractivity contribution in [1.82, 2.24) is 4.98 Å². The van der Waals surface area contributed by atoms with E-state index < -0.39 is 5.97 Å². The van der Waals surface area contributed by atoms with Crippen LogP contribution < -0.4 is 10.7 Å². The molecule has 0 atom stereocenters. The Kier molecular flexibility index (Phi) is 2.09. The van der Waals surface area contributed by atoms with E-state index in [1.807, 2.05) is 0 Å². The fraction of sp³-hybridized carbons (Fsp3) is 0. The van der Waals surface area contributed by atoms with Gasteiger partial charge in [0.25, 0.3) is 5.56 Å². The lowest BCUT2D eigenvalue weighted by atomic mass is 10.3. The number of hydrogen-bond acceptors (Lipinski definition) is 3. The largest absolute Gasteiger partial charge is 0.545 e. The molecule has 0 unspecified atom stereocenters. The van der Waals surface area contributed by atoms with Gasteiger partial charge in [0.15, 0.2) is 0 Å². The van der Waals surface area contributed by atoms with Gasteiger partial charge in [0.05, 0.1) is 10.4 Å². The van der Waals surface area contributed by atoms with E-state index in [0.29, 0.717) is 0 Å². The van der Waals surface area contributed by atoms with Crippen molar-refractivity contribution in [3.05, 3.63) is 32.7 Å². The van der Waals surface area contributed by atoms with Gasteiger partial charge in [-0.3, -0.25) is 4.79 Å². The Morgan fingerprint density at radius 2 is 2.27 bits per heavy atom. The van der Waals surface area contributed by atoms with Crippen molar-refractivity contribution in [1.29, 1.82) is 0 Å². The summed E-state index contributed by atoms with van der Waals surface area (Å²) in [5.74, 6) is -1.32. The summed E-state index contributed by atoms with van der Waals surface area (Å²) in [6.07, 6.45) is 1.09. The zero-order valence-electron chi connectivity index (χ0n) is 5.26. The molecule has 0 saturated carbocycles. The molecule has 1 aromatic rings.